The molecule has 28 heavy (non-hydrogen) atoms. The SMILES string of the molecule is CC(=O)NC(CC(=O)Nc1ccc(-n2cnnn2)c(C)c1)c1ccc(C)cc1. The summed E-state index contributed by atoms with van der Waals surface area (Å²) in [5.74, 6) is -0.367. The number of anilines is 1. The van der Waals surface area contributed by atoms with Crippen molar-refractivity contribution in [2.75, 3.05) is 5.32 Å². The lowest BCUT2D eigenvalue weighted by Crippen LogP contribution is -2.29. The van der Waals surface area contributed by atoms with Crippen LogP contribution in [0.1, 0.15) is 36.1 Å². The van der Waals surface area contributed by atoms with Crippen LogP contribution in [0, 0.1) is 13.8 Å². The predicted molar refractivity (Wildman–Crippen MR) is 105 cm³/mol. The van der Waals surface area contributed by atoms with Gasteiger partial charge in [0.2, 0.25) is 11.8 Å². The zero-order valence-electron chi connectivity index (χ0n) is 16.0. The van der Waals surface area contributed by atoms with Crippen molar-refractivity contribution in [3.8, 4) is 5.69 Å². The second kappa shape index (κ2) is 8.43. The fourth-order valence-corrected chi connectivity index (χ4v) is 2.96. The Labute approximate surface area is 163 Å². The number of tetrazole rings is 1. The van der Waals surface area contributed by atoms with Gasteiger partial charge in [-0.05, 0) is 53.6 Å². The molecule has 1 heterocycles. The number of nitrogens with zero attached hydrogens (tertiary/aromatic N) is 4. The van der Waals surface area contributed by atoms with E-state index in [0.29, 0.717) is 5.69 Å². The normalized spacial score (nSPS) is 11.7. The molecule has 1 aromatic heterocycles. The van der Waals surface area contributed by atoms with Crippen molar-refractivity contribution in [2.45, 2.75) is 33.2 Å². The number of hydrogen-bond donors (Lipinski definition) is 2. The highest BCUT2D eigenvalue weighted by Crippen LogP contribution is 2.21. The highest BCUT2D eigenvalue weighted by molar-refractivity contribution is 5.91. The van der Waals surface area contributed by atoms with E-state index in [0.717, 1.165) is 22.4 Å². The van der Waals surface area contributed by atoms with Crippen molar-refractivity contribution >= 4 is 17.5 Å². The maximum atomic E-state index is 12.6. The van der Waals surface area contributed by atoms with Gasteiger partial charge in [0.1, 0.15) is 6.33 Å². The summed E-state index contributed by atoms with van der Waals surface area (Å²) >= 11 is 0. The fourth-order valence-electron chi connectivity index (χ4n) is 2.96. The first-order valence-electron chi connectivity index (χ1n) is 8.90. The molecule has 2 amide bonds. The van der Waals surface area contributed by atoms with Crippen molar-refractivity contribution in [1.29, 1.82) is 0 Å². The van der Waals surface area contributed by atoms with E-state index in [1.54, 1.807) is 10.7 Å². The lowest BCUT2D eigenvalue weighted by molar-refractivity contribution is -0.120. The standard InChI is InChI=1S/C20H22N6O2/c1-13-4-6-16(7-5-13)18(22-15(3)27)11-20(28)23-17-8-9-19(14(2)10-17)26-12-21-24-25-26/h4-10,12,18H,11H2,1-3H3,(H,22,27)(H,23,28). The minimum atomic E-state index is -0.389. The molecule has 0 fully saturated rings. The van der Waals surface area contributed by atoms with Crippen LogP contribution < -0.4 is 10.6 Å². The first-order valence-corrected chi connectivity index (χ1v) is 8.90. The Morgan fingerprint density at radius 1 is 1.11 bits per heavy atom. The molecule has 0 spiro atoms. The second-order valence-electron chi connectivity index (χ2n) is 6.67. The quantitative estimate of drug-likeness (QED) is 0.686. The molecule has 8 heteroatoms. The third-order valence-corrected chi connectivity index (χ3v) is 4.32. The summed E-state index contributed by atoms with van der Waals surface area (Å²) in [4.78, 5) is 24.1. The molecule has 144 valence electrons. The Balaban J connectivity index is 1.71. The Hall–Kier alpha value is -3.55. The van der Waals surface area contributed by atoms with Gasteiger partial charge in [-0.3, -0.25) is 9.59 Å². The van der Waals surface area contributed by atoms with E-state index in [2.05, 4.69) is 26.2 Å². The highest BCUT2D eigenvalue weighted by Gasteiger charge is 2.17. The Morgan fingerprint density at radius 2 is 1.86 bits per heavy atom. The van der Waals surface area contributed by atoms with Crippen LogP contribution in [0.2, 0.25) is 0 Å². The monoisotopic (exact) mass is 378 g/mol. The molecule has 0 aliphatic rings. The number of aromatic nitrogens is 4. The molecule has 2 aromatic carbocycles. The Morgan fingerprint density at radius 3 is 2.46 bits per heavy atom. The molecule has 0 aliphatic carbocycles. The molecule has 0 saturated carbocycles. The zero-order valence-corrected chi connectivity index (χ0v) is 16.0. The summed E-state index contributed by atoms with van der Waals surface area (Å²) in [6.07, 6.45) is 1.65. The van der Waals surface area contributed by atoms with E-state index in [4.69, 9.17) is 0 Å². The van der Waals surface area contributed by atoms with Gasteiger partial charge in [-0.2, -0.15) is 0 Å². The number of aryl methyl sites for hydroxylation is 2. The van der Waals surface area contributed by atoms with Crippen LogP contribution in [0.3, 0.4) is 0 Å². The zero-order chi connectivity index (χ0) is 20.1. The number of rotatable bonds is 6. The molecular weight excluding hydrogens is 356 g/mol. The highest BCUT2D eigenvalue weighted by atomic mass is 16.2. The lowest BCUT2D eigenvalue weighted by Gasteiger charge is -2.18. The van der Waals surface area contributed by atoms with Crippen molar-refractivity contribution in [3.05, 3.63) is 65.5 Å². The smallest absolute Gasteiger partial charge is 0.226 e. The molecule has 1 unspecified atom stereocenters. The molecule has 0 aliphatic heterocycles. The van der Waals surface area contributed by atoms with Crippen LogP contribution in [0.15, 0.2) is 48.8 Å². The van der Waals surface area contributed by atoms with Crippen LogP contribution >= 0.6 is 0 Å². The molecule has 3 rings (SSSR count). The van der Waals surface area contributed by atoms with Gasteiger partial charge in [0.15, 0.2) is 0 Å². The third-order valence-electron chi connectivity index (χ3n) is 4.32. The fraction of sp³-hybridized carbons (Fsp3) is 0.250. The summed E-state index contributed by atoms with van der Waals surface area (Å²) in [6, 6.07) is 12.9. The maximum absolute atomic E-state index is 12.6. The number of hydrogen-bond acceptors (Lipinski definition) is 5. The van der Waals surface area contributed by atoms with E-state index in [9.17, 15) is 9.59 Å². The van der Waals surface area contributed by atoms with E-state index < -0.39 is 0 Å². The van der Waals surface area contributed by atoms with E-state index in [1.807, 2.05) is 50.2 Å². The van der Waals surface area contributed by atoms with Gasteiger partial charge in [0, 0.05) is 12.6 Å². The van der Waals surface area contributed by atoms with Crippen LogP contribution in [-0.2, 0) is 9.59 Å². The van der Waals surface area contributed by atoms with Crippen LogP contribution in [-0.4, -0.2) is 32.0 Å². The van der Waals surface area contributed by atoms with Crippen molar-refractivity contribution < 1.29 is 9.59 Å². The first kappa shape index (κ1) is 19.2. The van der Waals surface area contributed by atoms with Gasteiger partial charge >= 0.3 is 0 Å². The van der Waals surface area contributed by atoms with Gasteiger partial charge in [0.25, 0.3) is 0 Å². The van der Waals surface area contributed by atoms with Gasteiger partial charge in [-0.15, -0.1) is 5.10 Å². The molecular formula is C20H22N6O2. The van der Waals surface area contributed by atoms with Crippen LogP contribution in [0.5, 0.6) is 0 Å². The second-order valence-corrected chi connectivity index (χ2v) is 6.67. The molecule has 1 atom stereocenters. The molecule has 8 nitrogen and oxygen atoms in total. The molecule has 3 aromatic rings. The number of carbonyl (C=O) groups is 2. The van der Waals surface area contributed by atoms with Crippen LogP contribution in [0.4, 0.5) is 5.69 Å². The number of carbonyl (C=O) groups excluding carboxylic acids is 2. The topological polar surface area (TPSA) is 102 Å². The first-order chi connectivity index (χ1) is 13.4. The molecule has 0 bridgehead atoms. The molecule has 0 saturated heterocycles. The van der Waals surface area contributed by atoms with Gasteiger partial charge in [0.05, 0.1) is 18.2 Å². The summed E-state index contributed by atoms with van der Waals surface area (Å²) in [5, 5.41) is 16.9. The summed E-state index contributed by atoms with van der Waals surface area (Å²) in [6.45, 7) is 5.35. The van der Waals surface area contributed by atoms with E-state index in [1.165, 1.54) is 13.3 Å². The minimum absolute atomic E-state index is 0.135. The van der Waals surface area contributed by atoms with Crippen molar-refractivity contribution in [1.82, 2.24) is 25.5 Å². The van der Waals surface area contributed by atoms with Gasteiger partial charge < -0.3 is 10.6 Å². The minimum Gasteiger partial charge on any atom is -0.349 e. The van der Waals surface area contributed by atoms with E-state index >= 15 is 0 Å². The molecule has 2 N–H and O–H groups in total. The average Bonchev–Trinajstić information content (AvgIpc) is 3.16. The van der Waals surface area contributed by atoms with Crippen LogP contribution in [0.25, 0.3) is 5.69 Å². The van der Waals surface area contributed by atoms with Crippen molar-refractivity contribution in [2.24, 2.45) is 0 Å². The largest absolute Gasteiger partial charge is 0.349 e. The van der Waals surface area contributed by atoms with Crippen molar-refractivity contribution in [3.63, 3.8) is 0 Å². The summed E-state index contributed by atoms with van der Waals surface area (Å²) in [7, 11) is 0. The van der Waals surface area contributed by atoms with Gasteiger partial charge in [-0.1, -0.05) is 29.8 Å². The lowest BCUT2D eigenvalue weighted by atomic mass is 10.0. The number of amides is 2. The summed E-state index contributed by atoms with van der Waals surface area (Å²) in [5.41, 5.74) is 4.43. The third kappa shape index (κ3) is 4.79. The Kier molecular flexibility index (Phi) is 5.78. The van der Waals surface area contributed by atoms with Gasteiger partial charge in [-0.25, -0.2) is 4.68 Å². The Bertz CT molecular complexity index is 967. The van der Waals surface area contributed by atoms with E-state index in [-0.39, 0.29) is 24.3 Å². The predicted octanol–water partition coefficient (Wildman–Crippen LogP) is 2.49. The summed E-state index contributed by atoms with van der Waals surface area (Å²) < 4.78 is 1.56. The number of nitrogens with one attached hydrogen (secondary N) is 2. The number of benzene rings is 2. The average molecular weight is 378 g/mol. The maximum Gasteiger partial charge on any atom is 0.226 e. The molecule has 0 radical (unpaired) electrons.